The Morgan fingerprint density at radius 3 is 2.00 bits per heavy atom. The Kier molecular flexibility index (Phi) is 9.99. The van der Waals surface area contributed by atoms with E-state index < -0.39 is 24.0 Å². The van der Waals surface area contributed by atoms with E-state index in [1.54, 1.807) is 12.1 Å². The van der Waals surface area contributed by atoms with Gasteiger partial charge in [0.2, 0.25) is 11.7 Å². The predicted molar refractivity (Wildman–Crippen MR) is 148 cm³/mol. The zero-order valence-electron chi connectivity index (χ0n) is 22.5. The molecule has 0 heterocycles. The number of hydrogen-bond donors (Lipinski definition) is 3. The molecule has 0 radical (unpaired) electrons. The predicted octanol–water partition coefficient (Wildman–Crippen LogP) is 5.02. The van der Waals surface area contributed by atoms with Gasteiger partial charge in [0.25, 0.3) is 0 Å². The number of carboxylic acids is 1. The molecule has 3 rings (SSSR count). The quantitative estimate of drug-likeness (QED) is 0.291. The van der Waals surface area contributed by atoms with Gasteiger partial charge in [-0.2, -0.15) is 0 Å². The van der Waals surface area contributed by atoms with E-state index >= 15 is 0 Å². The summed E-state index contributed by atoms with van der Waals surface area (Å²) in [5.74, 6) is -0.00111. The maximum absolute atomic E-state index is 13.5. The summed E-state index contributed by atoms with van der Waals surface area (Å²) in [5, 5.41) is 15.8. The Hall–Kier alpha value is -4.20. The fourth-order valence-electron chi connectivity index (χ4n) is 4.28. The molecule has 0 saturated heterocycles. The van der Waals surface area contributed by atoms with Gasteiger partial charge in [-0.05, 0) is 53.3 Å². The van der Waals surface area contributed by atoms with Crippen LogP contribution in [0.3, 0.4) is 0 Å². The van der Waals surface area contributed by atoms with E-state index in [4.69, 9.17) is 14.2 Å². The molecule has 38 heavy (non-hydrogen) atoms. The van der Waals surface area contributed by atoms with Crippen molar-refractivity contribution in [2.24, 2.45) is 5.92 Å². The molecule has 0 bridgehead atoms. The summed E-state index contributed by atoms with van der Waals surface area (Å²) in [6.07, 6.45) is 0.563. The SMILES string of the molecule is COc1cc(CC(Nc2cccc(-c3ccccc3)c2)C(=O)NC(CC(C)C)C(=O)O)cc(OC)c1OC. The molecule has 2 atom stereocenters. The van der Waals surface area contributed by atoms with Crippen molar-refractivity contribution in [1.29, 1.82) is 0 Å². The molecule has 0 spiro atoms. The second-order valence-electron chi connectivity index (χ2n) is 9.41. The van der Waals surface area contributed by atoms with Crippen LogP contribution in [0, 0.1) is 5.92 Å². The van der Waals surface area contributed by atoms with E-state index in [0.717, 1.165) is 22.4 Å². The van der Waals surface area contributed by atoms with Crippen molar-refractivity contribution in [3.63, 3.8) is 0 Å². The van der Waals surface area contributed by atoms with E-state index in [1.165, 1.54) is 21.3 Å². The summed E-state index contributed by atoms with van der Waals surface area (Å²) in [7, 11) is 4.59. The molecule has 0 saturated carbocycles. The van der Waals surface area contributed by atoms with Gasteiger partial charge in [0.1, 0.15) is 12.1 Å². The maximum Gasteiger partial charge on any atom is 0.326 e. The molecule has 1 amide bonds. The molecule has 0 aromatic heterocycles. The normalized spacial score (nSPS) is 12.4. The molecular weight excluding hydrogens is 484 g/mol. The molecule has 0 aliphatic heterocycles. The third kappa shape index (κ3) is 7.41. The number of benzene rings is 3. The molecule has 0 aliphatic carbocycles. The lowest BCUT2D eigenvalue weighted by Crippen LogP contribution is -2.49. The Labute approximate surface area is 223 Å². The monoisotopic (exact) mass is 520 g/mol. The number of methoxy groups -OCH3 is 3. The highest BCUT2D eigenvalue weighted by atomic mass is 16.5. The first kappa shape index (κ1) is 28.4. The second-order valence-corrected chi connectivity index (χ2v) is 9.41. The van der Waals surface area contributed by atoms with Gasteiger partial charge in [-0.3, -0.25) is 4.79 Å². The summed E-state index contributed by atoms with van der Waals surface area (Å²) in [4.78, 5) is 25.4. The molecule has 8 heteroatoms. The van der Waals surface area contributed by atoms with Gasteiger partial charge >= 0.3 is 5.97 Å². The number of anilines is 1. The van der Waals surface area contributed by atoms with Crippen LogP contribution in [0.4, 0.5) is 5.69 Å². The number of carboxylic acid groups (broad SMARTS) is 1. The highest BCUT2D eigenvalue weighted by Gasteiger charge is 2.27. The van der Waals surface area contributed by atoms with E-state index in [1.807, 2.05) is 68.4 Å². The maximum atomic E-state index is 13.5. The molecule has 0 fully saturated rings. The molecular formula is C30H36N2O6. The number of nitrogens with one attached hydrogen (secondary N) is 2. The highest BCUT2D eigenvalue weighted by Crippen LogP contribution is 2.38. The molecule has 2 unspecified atom stereocenters. The molecule has 3 aromatic rings. The zero-order chi connectivity index (χ0) is 27.7. The van der Waals surface area contributed by atoms with Crippen molar-refractivity contribution < 1.29 is 28.9 Å². The van der Waals surface area contributed by atoms with Gasteiger partial charge in [0.15, 0.2) is 11.5 Å². The average molecular weight is 521 g/mol. The topological polar surface area (TPSA) is 106 Å². The smallest absolute Gasteiger partial charge is 0.326 e. The van der Waals surface area contributed by atoms with Crippen molar-refractivity contribution in [3.8, 4) is 28.4 Å². The summed E-state index contributed by atoms with van der Waals surface area (Å²) in [5.41, 5.74) is 3.52. The molecule has 202 valence electrons. The first-order chi connectivity index (χ1) is 18.2. The largest absolute Gasteiger partial charge is 0.493 e. The van der Waals surface area contributed by atoms with Gasteiger partial charge in [-0.25, -0.2) is 4.79 Å². The lowest BCUT2D eigenvalue weighted by molar-refractivity contribution is -0.142. The number of rotatable bonds is 13. The third-order valence-electron chi connectivity index (χ3n) is 6.11. The van der Waals surface area contributed by atoms with Crippen molar-refractivity contribution in [1.82, 2.24) is 5.32 Å². The van der Waals surface area contributed by atoms with Crippen LogP contribution in [0.15, 0.2) is 66.7 Å². The van der Waals surface area contributed by atoms with E-state index in [2.05, 4.69) is 10.6 Å². The van der Waals surface area contributed by atoms with Crippen molar-refractivity contribution >= 4 is 17.6 Å². The van der Waals surface area contributed by atoms with Gasteiger partial charge in [0, 0.05) is 12.1 Å². The highest BCUT2D eigenvalue weighted by molar-refractivity contribution is 5.89. The van der Waals surface area contributed by atoms with E-state index in [-0.39, 0.29) is 12.3 Å². The standard InChI is InChI=1S/C30H36N2O6/c1-19(2)14-25(30(34)35)32-29(33)24(15-20-16-26(36-3)28(38-5)27(17-20)37-4)31-23-13-9-12-22(18-23)21-10-7-6-8-11-21/h6-13,16-19,24-25,31H,14-15H2,1-5H3,(H,32,33)(H,34,35). The summed E-state index contributed by atoms with van der Waals surface area (Å²) < 4.78 is 16.4. The molecule has 3 N–H and O–H groups in total. The lowest BCUT2D eigenvalue weighted by Gasteiger charge is -2.24. The van der Waals surface area contributed by atoms with Crippen LogP contribution in [0.25, 0.3) is 11.1 Å². The number of carbonyl (C=O) groups is 2. The van der Waals surface area contributed by atoms with Gasteiger partial charge in [-0.1, -0.05) is 56.3 Å². The Morgan fingerprint density at radius 2 is 1.45 bits per heavy atom. The summed E-state index contributed by atoms with van der Waals surface area (Å²) >= 11 is 0. The van der Waals surface area contributed by atoms with Crippen LogP contribution in [0.5, 0.6) is 17.2 Å². The van der Waals surface area contributed by atoms with Crippen molar-refractivity contribution in [2.45, 2.75) is 38.8 Å². The minimum absolute atomic E-state index is 0.0977. The summed E-state index contributed by atoms with van der Waals surface area (Å²) in [6.45, 7) is 3.84. The minimum atomic E-state index is -1.07. The van der Waals surface area contributed by atoms with E-state index in [9.17, 15) is 14.7 Å². The minimum Gasteiger partial charge on any atom is -0.493 e. The second kappa shape index (κ2) is 13.4. The average Bonchev–Trinajstić information content (AvgIpc) is 2.92. The number of carbonyl (C=O) groups excluding carboxylic acids is 1. The van der Waals surface area contributed by atoms with Crippen LogP contribution >= 0.6 is 0 Å². The zero-order valence-corrected chi connectivity index (χ0v) is 22.5. The lowest BCUT2D eigenvalue weighted by atomic mass is 10.0. The number of hydrogen-bond acceptors (Lipinski definition) is 6. The Balaban J connectivity index is 1.96. The molecule has 3 aromatic carbocycles. The van der Waals surface area contributed by atoms with Crippen LogP contribution < -0.4 is 24.8 Å². The van der Waals surface area contributed by atoms with Gasteiger partial charge < -0.3 is 30.0 Å². The first-order valence-corrected chi connectivity index (χ1v) is 12.5. The molecule has 0 aliphatic rings. The van der Waals surface area contributed by atoms with Crippen LogP contribution in [-0.4, -0.2) is 50.4 Å². The number of amides is 1. The van der Waals surface area contributed by atoms with Crippen LogP contribution in [0.1, 0.15) is 25.8 Å². The number of ether oxygens (including phenoxy) is 3. The Bertz CT molecular complexity index is 1200. The van der Waals surface area contributed by atoms with E-state index in [0.29, 0.717) is 23.7 Å². The Morgan fingerprint density at radius 1 is 0.816 bits per heavy atom. The van der Waals surface area contributed by atoms with Crippen LogP contribution in [-0.2, 0) is 16.0 Å². The fourth-order valence-corrected chi connectivity index (χ4v) is 4.28. The number of aliphatic carboxylic acids is 1. The van der Waals surface area contributed by atoms with Crippen molar-refractivity contribution in [3.05, 3.63) is 72.3 Å². The molecule has 8 nitrogen and oxygen atoms in total. The summed E-state index contributed by atoms with van der Waals surface area (Å²) in [6, 6.07) is 19.5. The van der Waals surface area contributed by atoms with Gasteiger partial charge in [0.05, 0.1) is 21.3 Å². The van der Waals surface area contributed by atoms with Crippen LogP contribution in [0.2, 0.25) is 0 Å². The fraction of sp³-hybridized carbons (Fsp3) is 0.333. The first-order valence-electron chi connectivity index (χ1n) is 12.5. The van der Waals surface area contributed by atoms with Gasteiger partial charge in [-0.15, -0.1) is 0 Å². The van der Waals surface area contributed by atoms with Crippen molar-refractivity contribution in [2.75, 3.05) is 26.6 Å². The third-order valence-corrected chi connectivity index (χ3v) is 6.11.